The third-order valence-electron chi connectivity index (χ3n) is 4.63. The van der Waals surface area contributed by atoms with Gasteiger partial charge < -0.3 is 16.0 Å². The number of nitrogens with two attached hydrogens (primary N) is 1. The first-order valence-corrected chi connectivity index (χ1v) is 6.86. The van der Waals surface area contributed by atoms with Crippen LogP contribution in [0.4, 0.5) is 0 Å². The molecule has 4 nitrogen and oxygen atoms in total. The molecule has 0 spiro atoms. The van der Waals surface area contributed by atoms with Gasteiger partial charge in [0.15, 0.2) is 0 Å². The van der Waals surface area contributed by atoms with Gasteiger partial charge in [-0.25, -0.2) is 0 Å². The summed E-state index contributed by atoms with van der Waals surface area (Å²) < 4.78 is 0. The second-order valence-corrected chi connectivity index (χ2v) is 6.10. The van der Waals surface area contributed by atoms with Gasteiger partial charge in [-0.2, -0.15) is 0 Å². The van der Waals surface area contributed by atoms with Crippen molar-refractivity contribution in [2.45, 2.75) is 31.7 Å². The molecule has 1 atom stereocenters. The van der Waals surface area contributed by atoms with Crippen molar-refractivity contribution in [3.8, 4) is 0 Å². The van der Waals surface area contributed by atoms with Gasteiger partial charge >= 0.3 is 0 Å². The molecular formula is C12H19N3OS. The summed E-state index contributed by atoms with van der Waals surface area (Å²) in [6.07, 6.45) is 4.08. The van der Waals surface area contributed by atoms with E-state index in [4.69, 9.17) is 18.0 Å². The predicted octanol–water partition coefficient (Wildman–Crippen LogP) is 0.263. The van der Waals surface area contributed by atoms with Gasteiger partial charge in [0.05, 0.1) is 10.4 Å². The maximum Gasteiger partial charge on any atom is 0.233 e. The van der Waals surface area contributed by atoms with Crippen LogP contribution >= 0.6 is 12.2 Å². The van der Waals surface area contributed by atoms with E-state index in [2.05, 4.69) is 10.2 Å². The molecule has 1 unspecified atom stereocenters. The van der Waals surface area contributed by atoms with Crippen LogP contribution in [0.25, 0.3) is 0 Å². The molecule has 5 heteroatoms. The molecule has 3 aliphatic heterocycles. The first-order valence-electron chi connectivity index (χ1n) is 6.45. The monoisotopic (exact) mass is 253 g/mol. The molecule has 0 radical (unpaired) electrons. The normalized spacial score (nSPS) is 37.5. The first-order chi connectivity index (χ1) is 8.12. The summed E-state index contributed by atoms with van der Waals surface area (Å²) in [5, 5.41) is 3.19. The summed E-state index contributed by atoms with van der Waals surface area (Å²) in [5.74, 6) is 0.731. The zero-order chi connectivity index (χ0) is 12.0. The lowest BCUT2D eigenvalue weighted by molar-refractivity contribution is -0.126. The van der Waals surface area contributed by atoms with Crippen LogP contribution in [-0.4, -0.2) is 41.5 Å². The Morgan fingerprint density at radius 3 is 2.41 bits per heavy atom. The summed E-state index contributed by atoms with van der Waals surface area (Å²) in [5.41, 5.74) is 5.18. The van der Waals surface area contributed by atoms with Crippen molar-refractivity contribution in [2.24, 2.45) is 17.1 Å². The summed E-state index contributed by atoms with van der Waals surface area (Å²) in [6.45, 7) is 3.39. The van der Waals surface area contributed by atoms with Gasteiger partial charge in [0.1, 0.15) is 0 Å². The second-order valence-electron chi connectivity index (χ2n) is 5.66. The van der Waals surface area contributed by atoms with Crippen molar-refractivity contribution in [3.63, 3.8) is 0 Å². The number of hydrogen-bond donors (Lipinski definition) is 2. The lowest BCUT2D eigenvalue weighted by Crippen LogP contribution is -2.58. The fourth-order valence-corrected chi connectivity index (χ4v) is 3.44. The Labute approximate surface area is 107 Å². The summed E-state index contributed by atoms with van der Waals surface area (Å²) in [7, 11) is 0. The number of nitrogens with zero attached hydrogens (tertiary/aromatic N) is 1. The van der Waals surface area contributed by atoms with Crippen LogP contribution in [-0.2, 0) is 4.79 Å². The SMILES string of the molecule is NC(=S)C1(C(=O)NC2CN3CCC2CC3)CC1. The van der Waals surface area contributed by atoms with Gasteiger partial charge in [0.25, 0.3) is 0 Å². The number of nitrogens with one attached hydrogen (secondary N) is 1. The minimum atomic E-state index is -0.499. The second kappa shape index (κ2) is 3.92. The van der Waals surface area contributed by atoms with E-state index in [9.17, 15) is 4.79 Å². The molecule has 17 heavy (non-hydrogen) atoms. The fraction of sp³-hybridized carbons (Fsp3) is 0.833. The standard InChI is InChI=1S/C12H19N3OS/c13-10(17)12(3-4-12)11(16)14-9-7-15-5-1-8(9)2-6-15/h8-9H,1-7H2,(H2,13,17)(H,14,16). The molecular weight excluding hydrogens is 234 g/mol. The highest BCUT2D eigenvalue weighted by Crippen LogP contribution is 2.46. The van der Waals surface area contributed by atoms with Crippen molar-refractivity contribution < 1.29 is 4.79 Å². The van der Waals surface area contributed by atoms with Crippen LogP contribution in [0.5, 0.6) is 0 Å². The zero-order valence-corrected chi connectivity index (χ0v) is 10.8. The van der Waals surface area contributed by atoms with Gasteiger partial charge in [-0.05, 0) is 44.7 Å². The van der Waals surface area contributed by atoms with Crippen LogP contribution in [0.3, 0.4) is 0 Å². The lowest BCUT2D eigenvalue weighted by Gasteiger charge is -2.45. The van der Waals surface area contributed by atoms with Crippen molar-refractivity contribution in [2.75, 3.05) is 19.6 Å². The van der Waals surface area contributed by atoms with E-state index in [-0.39, 0.29) is 5.91 Å². The Morgan fingerprint density at radius 1 is 1.35 bits per heavy atom. The van der Waals surface area contributed by atoms with Crippen molar-refractivity contribution >= 4 is 23.1 Å². The Morgan fingerprint density at radius 2 is 2.00 bits per heavy atom. The maximum absolute atomic E-state index is 12.2. The Balaban J connectivity index is 1.64. The number of carbonyl (C=O) groups is 1. The van der Waals surface area contributed by atoms with E-state index in [1.165, 1.54) is 25.9 Å². The van der Waals surface area contributed by atoms with Crippen LogP contribution < -0.4 is 11.1 Å². The van der Waals surface area contributed by atoms with Crippen LogP contribution in [0.2, 0.25) is 0 Å². The largest absolute Gasteiger partial charge is 0.392 e. The van der Waals surface area contributed by atoms with Gasteiger partial charge in [0, 0.05) is 12.6 Å². The Hall–Kier alpha value is -0.680. The molecule has 4 aliphatic rings. The highest BCUT2D eigenvalue weighted by molar-refractivity contribution is 7.80. The number of hydrogen-bond acceptors (Lipinski definition) is 3. The molecule has 1 aliphatic carbocycles. The first kappa shape index (κ1) is 11.4. The predicted molar refractivity (Wildman–Crippen MR) is 69.5 cm³/mol. The smallest absolute Gasteiger partial charge is 0.233 e. The van der Waals surface area contributed by atoms with Crippen molar-refractivity contribution in [1.82, 2.24) is 10.2 Å². The summed E-state index contributed by atoms with van der Waals surface area (Å²) in [4.78, 5) is 15.0. The number of thiocarbonyl (C=S) groups is 1. The van der Waals surface area contributed by atoms with Crippen molar-refractivity contribution in [3.05, 3.63) is 0 Å². The average Bonchev–Trinajstić information content (AvgIpc) is 3.11. The van der Waals surface area contributed by atoms with E-state index < -0.39 is 5.41 Å². The van der Waals surface area contributed by atoms with E-state index in [1.807, 2.05) is 0 Å². The van der Waals surface area contributed by atoms with E-state index in [0.29, 0.717) is 16.9 Å². The Bertz CT molecular complexity index is 359. The highest BCUT2D eigenvalue weighted by atomic mass is 32.1. The maximum atomic E-state index is 12.2. The van der Waals surface area contributed by atoms with Gasteiger partial charge in [-0.3, -0.25) is 4.79 Å². The highest BCUT2D eigenvalue weighted by Gasteiger charge is 2.53. The molecule has 4 rings (SSSR count). The molecule has 0 aromatic heterocycles. The number of rotatable bonds is 3. The Kier molecular flexibility index (Phi) is 2.63. The third-order valence-corrected chi connectivity index (χ3v) is 5.02. The summed E-state index contributed by atoms with van der Waals surface area (Å²) in [6, 6.07) is 0.317. The average molecular weight is 253 g/mol. The molecule has 3 N–H and O–H groups in total. The number of amides is 1. The topological polar surface area (TPSA) is 58.4 Å². The van der Waals surface area contributed by atoms with Crippen molar-refractivity contribution in [1.29, 1.82) is 0 Å². The summed E-state index contributed by atoms with van der Waals surface area (Å²) >= 11 is 5.01. The van der Waals surface area contributed by atoms with Crippen LogP contribution in [0.15, 0.2) is 0 Å². The van der Waals surface area contributed by atoms with Gasteiger partial charge in [-0.1, -0.05) is 12.2 Å². The van der Waals surface area contributed by atoms with Gasteiger partial charge in [-0.15, -0.1) is 0 Å². The molecule has 4 fully saturated rings. The van der Waals surface area contributed by atoms with E-state index in [1.54, 1.807) is 0 Å². The van der Waals surface area contributed by atoms with Gasteiger partial charge in [0.2, 0.25) is 5.91 Å². The van der Waals surface area contributed by atoms with Crippen LogP contribution in [0.1, 0.15) is 25.7 Å². The number of fused-ring (bicyclic) bond motifs is 3. The minimum Gasteiger partial charge on any atom is -0.392 e. The number of carbonyl (C=O) groups excluding carboxylic acids is 1. The minimum absolute atomic E-state index is 0.0729. The molecule has 3 heterocycles. The van der Waals surface area contributed by atoms with E-state index >= 15 is 0 Å². The molecule has 0 aromatic carbocycles. The fourth-order valence-electron chi connectivity index (χ4n) is 3.15. The third kappa shape index (κ3) is 1.85. The van der Waals surface area contributed by atoms with Crippen LogP contribution in [0, 0.1) is 11.3 Å². The van der Waals surface area contributed by atoms with E-state index in [0.717, 1.165) is 19.4 Å². The quantitative estimate of drug-likeness (QED) is 0.709. The molecule has 2 bridgehead atoms. The zero-order valence-electron chi connectivity index (χ0n) is 9.95. The number of piperidine rings is 3. The lowest BCUT2D eigenvalue weighted by atomic mass is 9.83. The molecule has 94 valence electrons. The molecule has 3 saturated heterocycles. The molecule has 0 aromatic rings. The molecule has 1 saturated carbocycles. The molecule has 1 amide bonds.